The van der Waals surface area contributed by atoms with Crippen LogP contribution >= 0.6 is 22.6 Å². The molecule has 1 aromatic heterocycles. The number of ether oxygens (including phenoxy) is 1. The minimum Gasteiger partial charge on any atom is -0.378 e. The molecule has 7 heteroatoms. The van der Waals surface area contributed by atoms with Crippen LogP contribution in [0.25, 0.3) is 0 Å². The van der Waals surface area contributed by atoms with Gasteiger partial charge in [0, 0.05) is 32.3 Å². The van der Waals surface area contributed by atoms with Crippen LogP contribution in [0, 0.1) is 3.57 Å². The van der Waals surface area contributed by atoms with E-state index in [1.807, 2.05) is 4.90 Å². The quantitative estimate of drug-likeness (QED) is 0.801. The van der Waals surface area contributed by atoms with Gasteiger partial charge in [-0.25, -0.2) is 9.97 Å². The number of halogens is 1. The number of nitrogens with zero attached hydrogens (tertiary/aromatic N) is 3. The fraction of sp³-hybridized carbons (Fsp3) is 0.545. The zero-order valence-corrected chi connectivity index (χ0v) is 12.1. The molecule has 1 saturated heterocycles. The third kappa shape index (κ3) is 3.77. The summed E-state index contributed by atoms with van der Waals surface area (Å²) < 4.78 is 6.16. The van der Waals surface area contributed by atoms with Crippen molar-refractivity contribution in [3.05, 3.63) is 16.1 Å². The van der Waals surface area contributed by atoms with Crippen LogP contribution in [0.5, 0.6) is 0 Å². The van der Waals surface area contributed by atoms with Crippen LogP contribution in [-0.4, -0.2) is 53.6 Å². The zero-order valence-electron chi connectivity index (χ0n) is 9.93. The number of rotatable bonds is 4. The van der Waals surface area contributed by atoms with Crippen molar-refractivity contribution >= 4 is 34.3 Å². The van der Waals surface area contributed by atoms with Crippen LogP contribution in [0.3, 0.4) is 0 Å². The Balaban J connectivity index is 1.75. The molecule has 1 N–H and O–H groups in total. The molecule has 0 radical (unpaired) electrons. The van der Waals surface area contributed by atoms with E-state index in [2.05, 4.69) is 37.9 Å². The van der Waals surface area contributed by atoms with E-state index in [1.54, 1.807) is 6.20 Å². The standard InChI is InChI=1S/C11H15IN4O2/c12-9-7-13-8-15-11(9)14-2-1-10(17)16-3-5-18-6-4-16/h7-8H,1-6H2,(H,13,14,15). The maximum absolute atomic E-state index is 11.9. The summed E-state index contributed by atoms with van der Waals surface area (Å²) in [5, 5.41) is 3.15. The Morgan fingerprint density at radius 2 is 2.28 bits per heavy atom. The lowest BCUT2D eigenvalue weighted by molar-refractivity contribution is -0.134. The molecule has 1 aliphatic rings. The summed E-state index contributed by atoms with van der Waals surface area (Å²) in [7, 11) is 0. The number of anilines is 1. The minimum atomic E-state index is 0.162. The van der Waals surface area contributed by atoms with Gasteiger partial charge >= 0.3 is 0 Å². The number of carbonyl (C=O) groups is 1. The van der Waals surface area contributed by atoms with Crippen molar-refractivity contribution in [2.75, 3.05) is 38.2 Å². The highest BCUT2D eigenvalue weighted by Crippen LogP contribution is 2.12. The molecular weight excluding hydrogens is 347 g/mol. The van der Waals surface area contributed by atoms with Crippen LogP contribution in [0.2, 0.25) is 0 Å². The summed E-state index contributed by atoms with van der Waals surface area (Å²) in [6.45, 7) is 3.27. The van der Waals surface area contributed by atoms with Gasteiger partial charge in [-0.15, -0.1) is 0 Å². The first-order valence-electron chi connectivity index (χ1n) is 5.82. The number of hydrogen-bond acceptors (Lipinski definition) is 5. The molecule has 98 valence electrons. The molecule has 0 atom stereocenters. The summed E-state index contributed by atoms with van der Waals surface area (Å²) in [4.78, 5) is 21.7. The number of hydrogen-bond donors (Lipinski definition) is 1. The monoisotopic (exact) mass is 362 g/mol. The second kappa shape index (κ2) is 6.83. The van der Waals surface area contributed by atoms with Crippen LogP contribution in [0.1, 0.15) is 6.42 Å². The van der Waals surface area contributed by atoms with Crippen molar-refractivity contribution in [2.24, 2.45) is 0 Å². The van der Waals surface area contributed by atoms with Crippen molar-refractivity contribution in [3.63, 3.8) is 0 Å². The van der Waals surface area contributed by atoms with Crippen LogP contribution < -0.4 is 5.32 Å². The average Bonchev–Trinajstić information content (AvgIpc) is 2.42. The predicted molar refractivity (Wildman–Crippen MR) is 75.3 cm³/mol. The summed E-state index contributed by atoms with van der Waals surface area (Å²) >= 11 is 2.16. The van der Waals surface area contributed by atoms with Crippen molar-refractivity contribution < 1.29 is 9.53 Å². The molecule has 0 saturated carbocycles. The molecule has 1 aromatic rings. The van der Waals surface area contributed by atoms with Crippen LogP contribution in [-0.2, 0) is 9.53 Å². The van der Waals surface area contributed by atoms with Gasteiger partial charge < -0.3 is 15.0 Å². The van der Waals surface area contributed by atoms with Crippen LogP contribution in [0.4, 0.5) is 5.82 Å². The number of aromatic nitrogens is 2. The van der Waals surface area contributed by atoms with E-state index in [4.69, 9.17) is 4.74 Å². The van der Waals surface area contributed by atoms with Crippen molar-refractivity contribution in [3.8, 4) is 0 Å². The summed E-state index contributed by atoms with van der Waals surface area (Å²) in [5.41, 5.74) is 0. The fourth-order valence-electron chi connectivity index (χ4n) is 1.70. The third-order valence-electron chi connectivity index (χ3n) is 2.66. The molecule has 2 heterocycles. The molecule has 18 heavy (non-hydrogen) atoms. The Bertz CT molecular complexity index is 410. The van der Waals surface area contributed by atoms with E-state index < -0.39 is 0 Å². The predicted octanol–water partition coefficient (Wildman–Crippen LogP) is 0.742. The van der Waals surface area contributed by atoms with Crippen molar-refractivity contribution in [2.45, 2.75) is 6.42 Å². The Kier molecular flexibility index (Phi) is 5.12. The molecule has 0 aliphatic carbocycles. The topological polar surface area (TPSA) is 67.4 Å². The average molecular weight is 362 g/mol. The second-order valence-electron chi connectivity index (χ2n) is 3.89. The molecule has 0 unspecified atom stereocenters. The van der Waals surface area contributed by atoms with Crippen LogP contribution in [0.15, 0.2) is 12.5 Å². The minimum absolute atomic E-state index is 0.162. The van der Waals surface area contributed by atoms with Gasteiger partial charge in [-0.1, -0.05) is 0 Å². The Morgan fingerprint density at radius 3 is 3.00 bits per heavy atom. The summed E-state index contributed by atoms with van der Waals surface area (Å²) in [6, 6.07) is 0. The molecule has 2 rings (SSSR count). The Hall–Kier alpha value is -0.960. The number of carbonyl (C=O) groups excluding carboxylic acids is 1. The summed E-state index contributed by atoms with van der Waals surface area (Å²) in [6.07, 6.45) is 3.70. The third-order valence-corrected chi connectivity index (χ3v) is 3.45. The highest BCUT2D eigenvalue weighted by atomic mass is 127. The van der Waals surface area contributed by atoms with Gasteiger partial charge in [0.05, 0.1) is 16.8 Å². The fourth-order valence-corrected chi connectivity index (χ4v) is 2.19. The van der Waals surface area contributed by atoms with E-state index in [0.717, 1.165) is 9.39 Å². The molecule has 1 aliphatic heterocycles. The van der Waals surface area contributed by atoms with E-state index in [0.29, 0.717) is 39.3 Å². The highest BCUT2D eigenvalue weighted by Gasteiger charge is 2.16. The van der Waals surface area contributed by atoms with E-state index in [9.17, 15) is 4.79 Å². The first kappa shape index (κ1) is 13.5. The normalized spacial score (nSPS) is 15.5. The lowest BCUT2D eigenvalue weighted by Crippen LogP contribution is -2.41. The largest absolute Gasteiger partial charge is 0.378 e. The number of morpholine rings is 1. The molecule has 0 aromatic carbocycles. The van der Waals surface area contributed by atoms with Gasteiger partial charge in [-0.05, 0) is 22.6 Å². The SMILES string of the molecule is O=C(CCNc1ncncc1I)N1CCOCC1. The van der Waals surface area contributed by atoms with Crippen molar-refractivity contribution in [1.29, 1.82) is 0 Å². The van der Waals surface area contributed by atoms with Gasteiger partial charge in [0.15, 0.2) is 0 Å². The lowest BCUT2D eigenvalue weighted by atomic mass is 10.3. The Labute approximate surface area is 119 Å². The molecule has 1 fully saturated rings. The maximum Gasteiger partial charge on any atom is 0.224 e. The molecular formula is C11H15IN4O2. The lowest BCUT2D eigenvalue weighted by Gasteiger charge is -2.26. The van der Waals surface area contributed by atoms with E-state index in [-0.39, 0.29) is 5.91 Å². The summed E-state index contributed by atoms with van der Waals surface area (Å²) in [5.74, 6) is 0.940. The van der Waals surface area contributed by atoms with E-state index in [1.165, 1.54) is 6.33 Å². The maximum atomic E-state index is 11.9. The van der Waals surface area contributed by atoms with Gasteiger partial charge in [0.25, 0.3) is 0 Å². The van der Waals surface area contributed by atoms with Gasteiger partial charge in [-0.2, -0.15) is 0 Å². The number of amides is 1. The highest BCUT2D eigenvalue weighted by molar-refractivity contribution is 14.1. The van der Waals surface area contributed by atoms with Gasteiger partial charge in [-0.3, -0.25) is 4.79 Å². The molecule has 0 bridgehead atoms. The first-order valence-corrected chi connectivity index (χ1v) is 6.90. The first-order chi connectivity index (χ1) is 8.77. The molecule has 1 amide bonds. The number of nitrogens with one attached hydrogen (secondary N) is 1. The molecule has 6 nitrogen and oxygen atoms in total. The molecule has 0 spiro atoms. The zero-order chi connectivity index (χ0) is 12.8. The Morgan fingerprint density at radius 1 is 1.50 bits per heavy atom. The van der Waals surface area contributed by atoms with Gasteiger partial charge in [0.2, 0.25) is 5.91 Å². The smallest absolute Gasteiger partial charge is 0.224 e. The second-order valence-corrected chi connectivity index (χ2v) is 5.05. The van der Waals surface area contributed by atoms with E-state index >= 15 is 0 Å². The van der Waals surface area contributed by atoms with Gasteiger partial charge in [0.1, 0.15) is 12.1 Å². The van der Waals surface area contributed by atoms with Crippen molar-refractivity contribution in [1.82, 2.24) is 14.9 Å².